The van der Waals surface area contributed by atoms with Crippen LogP contribution in [0.15, 0.2) is 22.7 Å². The highest BCUT2D eigenvalue weighted by Gasteiger charge is 2.32. The maximum Gasteiger partial charge on any atom is 0.573 e. The second-order valence-corrected chi connectivity index (χ2v) is 5.96. The maximum atomic E-state index is 12.4. The average molecular weight is 368 g/mol. The predicted molar refractivity (Wildman–Crippen MR) is 77.5 cm³/mol. The van der Waals surface area contributed by atoms with Gasteiger partial charge in [0.2, 0.25) is 0 Å². The molecule has 0 aliphatic heterocycles. The van der Waals surface area contributed by atoms with Crippen LogP contribution in [0.25, 0.3) is 0 Å². The molecule has 0 heterocycles. The Hall–Kier alpha value is -0.950. The van der Waals surface area contributed by atoms with Crippen LogP contribution in [0.1, 0.15) is 25.7 Å². The lowest BCUT2D eigenvalue weighted by Gasteiger charge is -2.29. The molecule has 0 saturated heterocycles. The molecule has 118 valence electrons. The summed E-state index contributed by atoms with van der Waals surface area (Å²) >= 11 is 3.15. The molecule has 0 aromatic heterocycles. The van der Waals surface area contributed by atoms with Crippen molar-refractivity contribution in [3.63, 3.8) is 0 Å². The van der Waals surface area contributed by atoms with E-state index in [9.17, 15) is 13.2 Å². The number of halogens is 4. The molecular formula is C14H17BrF3NO2. The molecule has 0 atom stereocenters. The van der Waals surface area contributed by atoms with Crippen LogP contribution in [-0.2, 0) is 4.74 Å². The molecule has 1 aliphatic carbocycles. The van der Waals surface area contributed by atoms with Gasteiger partial charge in [0.25, 0.3) is 0 Å². The van der Waals surface area contributed by atoms with E-state index in [-0.39, 0.29) is 17.9 Å². The smallest absolute Gasteiger partial charge is 0.404 e. The zero-order chi connectivity index (χ0) is 15.5. The SMILES string of the molecule is COC1CCC(Nc2ccc(Br)cc2OC(F)(F)F)CC1. The lowest BCUT2D eigenvalue weighted by Crippen LogP contribution is -2.29. The molecule has 1 aromatic rings. The maximum absolute atomic E-state index is 12.4. The topological polar surface area (TPSA) is 30.5 Å². The third-order valence-corrected chi connectivity index (χ3v) is 4.03. The van der Waals surface area contributed by atoms with Gasteiger partial charge in [-0.2, -0.15) is 0 Å². The van der Waals surface area contributed by atoms with E-state index in [0.29, 0.717) is 10.2 Å². The van der Waals surface area contributed by atoms with E-state index in [0.717, 1.165) is 25.7 Å². The Morgan fingerprint density at radius 2 is 1.86 bits per heavy atom. The van der Waals surface area contributed by atoms with Crippen LogP contribution >= 0.6 is 15.9 Å². The number of nitrogens with one attached hydrogen (secondary N) is 1. The van der Waals surface area contributed by atoms with Crippen molar-refractivity contribution in [3.8, 4) is 5.75 Å². The zero-order valence-corrected chi connectivity index (χ0v) is 13.1. The first kappa shape index (κ1) is 16.4. The fraction of sp³-hybridized carbons (Fsp3) is 0.571. The number of alkyl halides is 3. The van der Waals surface area contributed by atoms with Crippen LogP contribution in [0.5, 0.6) is 5.75 Å². The van der Waals surface area contributed by atoms with Gasteiger partial charge in [-0.1, -0.05) is 15.9 Å². The van der Waals surface area contributed by atoms with Gasteiger partial charge in [-0.05, 0) is 43.9 Å². The minimum absolute atomic E-state index is 0.133. The molecule has 1 saturated carbocycles. The minimum Gasteiger partial charge on any atom is -0.404 e. The van der Waals surface area contributed by atoms with Gasteiger partial charge in [-0.15, -0.1) is 13.2 Å². The second-order valence-electron chi connectivity index (χ2n) is 5.04. The first-order valence-electron chi connectivity index (χ1n) is 6.72. The quantitative estimate of drug-likeness (QED) is 0.835. The summed E-state index contributed by atoms with van der Waals surface area (Å²) in [5.41, 5.74) is 0.358. The lowest BCUT2D eigenvalue weighted by atomic mass is 9.93. The van der Waals surface area contributed by atoms with Gasteiger partial charge < -0.3 is 14.8 Å². The van der Waals surface area contributed by atoms with E-state index in [1.54, 1.807) is 19.2 Å². The van der Waals surface area contributed by atoms with Gasteiger partial charge in [0.05, 0.1) is 11.8 Å². The van der Waals surface area contributed by atoms with E-state index in [1.165, 1.54) is 6.07 Å². The summed E-state index contributed by atoms with van der Waals surface area (Å²) in [5.74, 6) is -0.217. The molecule has 0 radical (unpaired) electrons. The molecule has 2 rings (SSSR count). The third-order valence-electron chi connectivity index (χ3n) is 3.54. The van der Waals surface area contributed by atoms with Crippen LogP contribution in [0, 0.1) is 0 Å². The molecule has 0 unspecified atom stereocenters. The van der Waals surface area contributed by atoms with Gasteiger partial charge in [-0.3, -0.25) is 0 Å². The van der Waals surface area contributed by atoms with Crippen LogP contribution < -0.4 is 10.1 Å². The third kappa shape index (κ3) is 5.07. The van der Waals surface area contributed by atoms with Gasteiger partial charge in [0.15, 0.2) is 5.75 Å². The van der Waals surface area contributed by atoms with E-state index in [2.05, 4.69) is 26.0 Å². The highest BCUT2D eigenvalue weighted by Crippen LogP contribution is 2.34. The summed E-state index contributed by atoms with van der Waals surface area (Å²) in [6.07, 6.45) is -0.926. The fourth-order valence-corrected chi connectivity index (χ4v) is 2.83. The van der Waals surface area contributed by atoms with Crippen molar-refractivity contribution in [1.29, 1.82) is 0 Å². The Labute approximate surface area is 129 Å². The van der Waals surface area contributed by atoms with Gasteiger partial charge in [0, 0.05) is 17.6 Å². The zero-order valence-electron chi connectivity index (χ0n) is 11.5. The summed E-state index contributed by atoms with van der Waals surface area (Å²) in [6.45, 7) is 0. The van der Waals surface area contributed by atoms with Gasteiger partial charge in [0.1, 0.15) is 0 Å². The Bertz CT molecular complexity index is 474. The molecule has 3 nitrogen and oxygen atoms in total. The summed E-state index contributed by atoms with van der Waals surface area (Å²) in [5, 5.41) is 3.14. The van der Waals surface area contributed by atoms with Crippen molar-refractivity contribution in [3.05, 3.63) is 22.7 Å². The van der Waals surface area contributed by atoms with Crippen molar-refractivity contribution in [2.24, 2.45) is 0 Å². The van der Waals surface area contributed by atoms with Crippen LogP contribution in [0.4, 0.5) is 18.9 Å². The van der Waals surface area contributed by atoms with Crippen molar-refractivity contribution < 1.29 is 22.6 Å². The van der Waals surface area contributed by atoms with Crippen molar-refractivity contribution >= 4 is 21.6 Å². The monoisotopic (exact) mass is 367 g/mol. The van der Waals surface area contributed by atoms with Gasteiger partial charge in [-0.25, -0.2) is 0 Å². The normalized spacial score (nSPS) is 22.9. The molecule has 7 heteroatoms. The molecule has 1 N–H and O–H groups in total. The summed E-state index contributed by atoms with van der Waals surface area (Å²) in [6, 6.07) is 4.73. The summed E-state index contributed by atoms with van der Waals surface area (Å²) < 4.78 is 47.2. The average Bonchev–Trinajstić information content (AvgIpc) is 2.41. The number of hydrogen-bond acceptors (Lipinski definition) is 3. The Morgan fingerprint density at radius 3 is 2.43 bits per heavy atom. The molecule has 1 aromatic carbocycles. The fourth-order valence-electron chi connectivity index (χ4n) is 2.49. The first-order chi connectivity index (χ1) is 9.87. The lowest BCUT2D eigenvalue weighted by molar-refractivity contribution is -0.274. The molecule has 0 spiro atoms. The van der Waals surface area contributed by atoms with Crippen molar-refractivity contribution in [2.45, 2.75) is 44.2 Å². The first-order valence-corrected chi connectivity index (χ1v) is 7.51. The number of rotatable bonds is 4. The van der Waals surface area contributed by atoms with E-state index in [4.69, 9.17) is 4.74 Å². The predicted octanol–water partition coefficient (Wildman–Crippen LogP) is 4.72. The van der Waals surface area contributed by atoms with Gasteiger partial charge >= 0.3 is 6.36 Å². The van der Waals surface area contributed by atoms with E-state index < -0.39 is 6.36 Å². The highest BCUT2D eigenvalue weighted by atomic mass is 79.9. The van der Waals surface area contributed by atoms with Crippen LogP contribution in [0.3, 0.4) is 0 Å². The largest absolute Gasteiger partial charge is 0.573 e. The van der Waals surface area contributed by atoms with Crippen LogP contribution in [-0.4, -0.2) is 25.6 Å². The molecular weight excluding hydrogens is 351 g/mol. The number of ether oxygens (including phenoxy) is 2. The standard InChI is InChI=1S/C14H17BrF3NO2/c1-20-11-5-3-10(4-6-11)19-12-7-2-9(15)8-13(12)21-14(16,17)18/h2,7-8,10-11,19H,3-6H2,1H3. The Kier molecular flexibility index (Phi) is 5.37. The number of methoxy groups -OCH3 is 1. The number of anilines is 1. The molecule has 0 bridgehead atoms. The van der Waals surface area contributed by atoms with E-state index in [1.807, 2.05) is 0 Å². The number of hydrogen-bond donors (Lipinski definition) is 1. The molecule has 0 amide bonds. The van der Waals surface area contributed by atoms with Crippen LogP contribution in [0.2, 0.25) is 0 Å². The Morgan fingerprint density at radius 1 is 1.19 bits per heavy atom. The molecule has 21 heavy (non-hydrogen) atoms. The Balaban J connectivity index is 2.06. The van der Waals surface area contributed by atoms with Crippen molar-refractivity contribution in [2.75, 3.05) is 12.4 Å². The summed E-state index contributed by atoms with van der Waals surface area (Å²) in [4.78, 5) is 0. The number of benzene rings is 1. The second kappa shape index (κ2) is 6.87. The van der Waals surface area contributed by atoms with E-state index >= 15 is 0 Å². The minimum atomic E-state index is -4.70. The summed E-state index contributed by atoms with van der Waals surface area (Å²) in [7, 11) is 1.68. The molecule has 1 aliphatic rings. The highest BCUT2D eigenvalue weighted by molar-refractivity contribution is 9.10. The van der Waals surface area contributed by atoms with Crippen molar-refractivity contribution in [1.82, 2.24) is 0 Å². The molecule has 1 fully saturated rings.